The van der Waals surface area contributed by atoms with Gasteiger partial charge in [0.2, 0.25) is 10.0 Å². The van der Waals surface area contributed by atoms with Gasteiger partial charge in [0.15, 0.2) is 0 Å². The zero-order chi connectivity index (χ0) is 19.6. The van der Waals surface area contributed by atoms with E-state index in [1.54, 1.807) is 43.0 Å². The average Bonchev–Trinajstić information content (AvgIpc) is 3.07. The van der Waals surface area contributed by atoms with Crippen molar-refractivity contribution in [3.8, 4) is 0 Å². The van der Waals surface area contributed by atoms with Crippen LogP contribution in [-0.4, -0.2) is 36.3 Å². The number of sulfonamides is 1. The lowest BCUT2D eigenvalue weighted by molar-refractivity contribution is 0.0600. The van der Waals surface area contributed by atoms with Gasteiger partial charge in [-0.05, 0) is 24.6 Å². The first-order valence-electron chi connectivity index (χ1n) is 8.26. The van der Waals surface area contributed by atoms with Gasteiger partial charge in [-0.15, -0.1) is 0 Å². The molecule has 2 heterocycles. The highest BCUT2D eigenvalue weighted by Gasteiger charge is 2.25. The minimum absolute atomic E-state index is 0.0233. The zero-order valence-electron chi connectivity index (χ0n) is 15.2. The predicted octanol–water partition coefficient (Wildman–Crippen LogP) is 1.94. The Labute approximate surface area is 157 Å². The van der Waals surface area contributed by atoms with Crippen LogP contribution in [0, 0.1) is 0 Å². The lowest BCUT2D eigenvalue weighted by Crippen LogP contribution is -2.28. The molecule has 0 spiro atoms. The number of esters is 1. The molecular weight excluding hydrogens is 368 g/mol. The molecule has 9 heteroatoms. The number of nitrogens with zero attached hydrogens (tertiary/aromatic N) is 3. The van der Waals surface area contributed by atoms with E-state index in [1.807, 2.05) is 12.1 Å². The fourth-order valence-corrected chi connectivity index (χ4v) is 3.95. The van der Waals surface area contributed by atoms with Gasteiger partial charge in [0.05, 0.1) is 41.9 Å². The number of fused-ring (bicyclic) bond motifs is 1. The summed E-state index contributed by atoms with van der Waals surface area (Å²) in [6.45, 7) is 1.66. The number of ether oxygens (including phenoxy) is 1. The van der Waals surface area contributed by atoms with Crippen LogP contribution in [0.1, 0.15) is 33.8 Å². The van der Waals surface area contributed by atoms with Gasteiger partial charge in [0, 0.05) is 18.6 Å². The number of hydrogen-bond donors (Lipinski definition) is 1. The highest BCUT2D eigenvalue weighted by atomic mass is 32.2. The van der Waals surface area contributed by atoms with E-state index in [4.69, 9.17) is 0 Å². The van der Waals surface area contributed by atoms with Crippen molar-refractivity contribution in [2.75, 3.05) is 7.11 Å². The number of carbonyl (C=O) groups excluding carboxylic acids is 1. The third kappa shape index (κ3) is 3.83. The number of para-hydroxylation sites is 1. The summed E-state index contributed by atoms with van der Waals surface area (Å²) in [5.41, 5.74) is 2.27. The molecule has 0 amide bonds. The third-order valence-electron chi connectivity index (χ3n) is 4.40. The zero-order valence-corrected chi connectivity index (χ0v) is 16.0. The van der Waals surface area contributed by atoms with Crippen molar-refractivity contribution in [3.63, 3.8) is 0 Å². The summed E-state index contributed by atoms with van der Waals surface area (Å²) in [7, 11) is -0.582. The van der Waals surface area contributed by atoms with Gasteiger partial charge < -0.3 is 4.74 Å². The Bertz CT molecular complexity index is 1070. The van der Waals surface area contributed by atoms with Crippen LogP contribution >= 0.6 is 0 Å². The maximum atomic E-state index is 12.8. The molecule has 1 aromatic carbocycles. The SMILES string of the molecule is COC(=O)c1ccc(CNS(=O)(=O)C(C)c2cccc3cnn(C)c23)nc1. The van der Waals surface area contributed by atoms with Crippen LogP contribution in [0.4, 0.5) is 0 Å². The van der Waals surface area contributed by atoms with Crippen molar-refractivity contribution >= 4 is 26.9 Å². The number of rotatable bonds is 6. The summed E-state index contributed by atoms with van der Waals surface area (Å²) >= 11 is 0. The van der Waals surface area contributed by atoms with Crippen LogP contribution in [0.15, 0.2) is 42.7 Å². The molecule has 0 bridgehead atoms. The molecule has 0 saturated heterocycles. The Kier molecular flexibility index (Phi) is 5.24. The second kappa shape index (κ2) is 7.45. The van der Waals surface area contributed by atoms with Gasteiger partial charge >= 0.3 is 5.97 Å². The van der Waals surface area contributed by atoms with E-state index in [2.05, 4.69) is 19.5 Å². The molecule has 142 valence electrons. The maximum Gasteiger partial charge on any atom is 0.339 e. The number of benzene rings is 1. The van der Waals surface area contributed by atoms with E-state index in [0.717, 1.165) is 10.9 Å². The van der Waals surface area contributed by atoms with Crippen LogP contribution in [0.2, 0.25) is 0 Å². The Morgan fingerprint density at radius 3 is 2.70 bits per heavy atom. The normalized spacial score (nSPS) is 12.9. The lowest BCUT2D eigenvalue weighted by atomic mass is 10.1. The summed E-state index contributed by atoms with van der Waals surface area (Å²) in [6.07, 6.45) is 3.06. The Morgan fingerprint density at radius 1 is 1.26 bits per heavy atom. The summed E-state index contributed by atoms with van der Waals surface area (Å²) in [6, 6.07) is 8.63. The van der Waals surface area contributed by atoms with Gasteiger partial charge in [-0.25, -0.2) is 17.9 Å². The van der Waals surface area contributed by atoms with Crippen molar-refractivity contribution in [2.24, 2.45) is 7.05 Å². The van der Waals surface area contributed by atoms with Crippen LogP contribution in [0.5, 0.6) is 0 Å². The van der Waals surface area contributed by atoms with Crippen LogP contribution in [-0.2, 0) is 28.4 Å². The van der Waals surface area contributed by atoms with Crippen molar-refractivity contribution in [3.05, 3.63) is 59.5 Å². The minimum atomic E-state index is -3.65. The molecule has 0 aliphatic carbocycles. The largest absolute Gasteiger partial charge is 0.465 e. The lowest BCUT2D eigenvalue weighted by Gasteiger charge is -2.16. The molecule has 0 aliphatic rings. The first-order valence-corrected chi connectivity index (χ1v) is 9.80. The van der Waals surface area contributed by atoms with Gasteiger partial charge in [-0.2, -0.15) is 5.10 Å². The molecule has 0 saturated carbocycles. The van der Waals surface area contributed by atoms with Crippen molar-refractivity contribution in [1.82, 2.24) is 19.5 Å². The first-order chi connectivity index (χ1) is 12.8. The molecule has 1 unspecified atom stereocenters. The maximum absolute atomic E-state index is 12.8. The summed E-state index contributed by atoms with van der Waals surface area (Å²) in [4.78, 5) is 15.5. The second-order valence-corrected chi connectivity index (χ2v) is 8.18. The summed E-state index contributed by atoms with van der Waals surface area (Å²) in [5.74, 6) is -0.493. The third-order valence-corrected chi connectivity index (χ3v) is 6.13. The minimum Gasteiger partial charge on any atom is -0.465 e. The van der Waals surface area contributed by atoms with Crippen LogP contribution < -0.4 is 4.72 Å². The molecule has 2 aromatic heterocycles. The number of aromatic nitrogens is 3. The predicted molar refractivity (Wildman–Crippen MR) is 100 cm³/mol. The van der Waals surface area contributed by atoms with Crippen LogP contribution in [0.25, 0.3) is 10.9 Å². The summed E-state index contributed by atoms with van der Waals surface area (Å²) < 4.78 is 34.4. The Hall–Kier alpha value is -2.78. The molecule has 0 fully saturated rings. The molecule has 0 radical (unpaired) electrons. The standard InChI is InChI=1S/C18H20N4O4S/c1-12(16-6-4-5-13-10-20-22(2)17(13)16)27(24,25)21-11-15-8-7-14(9-19-15)18(23)26-3/h4-10,12,21H,11H2,1-3H3. The fourth-order valence-electron chi connectivity index (χ4n) is 2.83. The highest BCUT2D eigenvalue weighted by Crippen LogP contribution is 2.28. The Morgan fingerprint density at radius 2 is 2.04 bits per heavy atom. The van der Waals surface area contributed by atoms with E-state index < -0.39 is 21.2 Å². The molecule has 27 heavy (non-hydrogen) atoms. The smallest absolute Gasteiger partial charge is 0.339 e. The fraction of sp³-hybridized carbons (Fsp3) is 0.278. The number of methoxy groups -OCH3 is 1. The summed E-state index contributed by atoms with van der Waals surface area (Å²) in [5, 5.41) is 4.31. The van der Waals surface area contributed by atoms with Crippen molar-refractivity contribution in [1.29, 1.82) is 0 Å². The van der Waals surface area contributed by atoms with E-state index in [9.17, 15) is 13.2 Å². The van der Waals surface area contributed by atoms with Gasteiger partial charge in [-0.1, -0.05) is 18.2 Å². The van der Waals surface area contributed by atoms with Gasteiger partial charge in [-0.3, -0.25) is 9.67 Å². The average molecular weight is 388 g/mol. The topological polar surface area (TPSA) is 103 Å². The first kappa shape index (κ1) is 19.0. The van der Waals surface area contributed by atoms with Gasteiger partial charge in [0.1, 0.15) is 0 Å². The molecule has 8 nitrogen and oxygen atoms in total. The van der Waals surface area contributed by atoms with E-state index in [1.165, 1.54) is 13.3 Å². The van der Waals surface area contributed by atoms with Crippen molar-refractivity contribution in [2.45, 2.75) is 18.7 Å². The van der Waals surface area contributed by atoms with E-state index in [0.29, 0.717) is 16.8 Å². The van der Waals surface area contributed by atoms with E-state index >= 15 is 0 Å². The number of carbonyl (C=O) groups is 1. The second-order valence-electron chi connectivity index (χ2n) is 6.09. The molecule has 1 N–H and O–H groups in total. The Balaban J connectivity index is 1.78. The molecule has 0 aliphatic heterocycles. The number of hydrogen-bond acceptors (Lipinski definition) is 6. The number of pyridine rings is 1. The van der Waals surface area contributed by atoms with Crippen molar-refractivity contribution < 1.29 is 17.9 Å². The molecular formula is C18H20N4O4S. The number of aryl methyl sites for hydroxylation is 1. The molecule has 3 aromatic rings. The van der Waals surface area contributed by atoms with Gasteiger partial charge in [0.25, 0.3) is 0 Å². The highest BCUT2D eigenvalue weighted by molar-refractivity contribution is 7.89. The molecule has 1 atom stereocenters. The molecule has 3 rings (SSSR count). The van der Waals surface area contributed by atoms with E-state index in [-0.39, 0.29) is 6.54 Å². The quantitative estimate of drug-likeness (QED) is 0.647. The van der Waals surface area contributed by atoms with Crippen LogP contribution in [0.3, 0.4) is 0 Å². The monoisotopic (exact) mass is 388 g/mol. The number of nitrogens with one attached hydrogen (secondary N) is 1.